The molecule has 2 unspecified atom stereocenters. The zero-order valence-corrected chi connectivity index (χ0v) is 11.4. The van der Waals surface area contributed by atoms with Gasteiger partial charge in [0.05, 0.1) is 0 Å². The average Bonchev–Trinajstić information content (AvgIpc) is 2.37. The third-order valence-corrected chi connectivity index (χ3v) is 3.67. The van der Waals surface area contributed by atoms with Gasteiger partial charge in [-0.2, -0.15) is 0 Å². The molecule has 1 fully saturated rings. The first kappa shape index (κ1) is 14.4. The van der Waals surface area contributed by atoms with E-state index in [9.17, 15) is 8.78 Å². The van der Waals surface area contributed by atoms with E-state index in [1.54, 1.807) is 7.05 Å². The second kappa shape index (κ2) is 6.41. The highest BCUT2D eigenvalue weighted by Gasteiger charge is 2.22. The molecule has 0 saturated carbocycles. The highest BCUT2D eigenvalue weighted by molar-refractivity contribution is 5.22. The average molecular weight is 269 g/mol. The monoisotopic (exact) mass is 269 g/mol. The first-order chi connectivity index (χ1) is 9.10. The molecule has 1 aromatic rings. The third-order valence-electron chi connectivity index (χ3n) is 3.67. The molecule has 2 rings (SSSR count). The lowest BCUT2D eigenvalue weighted by Crippen LogP contribution is -2.50. The molecule has 5 heteroatoms. The molecule has 2 N–H and O–H groups in total. The van der Waals surface area contributed by atoms with Crippen LogP contribution in [0.2, 0.25) is 0 Å². The Morgan fingerprint density at radius 1 is 1.47 bits per heavy atom. The van der Waals surface area contributed by atoms with Crippen LogP contribution in [0.1, 0.15) is 18.0 Å². The van der Waals surface area contributed by atoms with Crippen molar-refractivity contribution in [1.29, 1.82) is 0 Å². The van der Waals surface area contributed by atoms with Crippen LogP contribution in [0.3, 0.4) is 0 Å². The van der Waals surface area contributed by atoms with Gasteiger partial charge in [-0.15, -0.1) is 0 Å². The Bertz CT molecular complexity index is 425. The Morgan fingerprint density at radius 2 is 2.26 bits per heavy atom. The van der Waals surface area contributed by atoms with E-state index >= 15 is 0 Å². The summed E-state index contributed by atoms with van der Waals surface area (Å²) in [5, 5.41) is 6.56. The fourth-order valence-electron chi connectivity index (χ4n) is 2.62. The molecule has 0 amide bonds. The number of piperazine rings is 1. The number of halogens is 2. The SMILES string of the molecule is CNC(CC1CN(C)CCN1)c1ccc(F)cc1F. The van der Waals surface area contributed by atoms with Crippen LogP contribution in [0.25, 0.3) is 0 Å². The summed E-state index contributed by atoms with van der Waals surface area (Å²) in [6.45, 7) is 2.93. The van der Waals surface area contributed by atoms with Crippen LogP contribution in [0.15, 0.2) is 18.2 Å². The molecule has 0 radical (unpaired) electrons. The summed E-state index contributed by atoms with van der Waals surface area (Å²) in [7, 11) is 3.89. The van der Waals surface area contributed by atoms with Crippen LogP contribution in [0.4, 0.5) is 8.78 Å². The van der Waals surface area contributed by atoms with Crippen molar-refractivity contribution >= 4 is 0 Å². The van der Waals surface area contributed by atoms with Gasteiger partial charge in [0.25, 0.3) is 0 Å². The molecule has 106 valence electrons. The van der Waals surface area contributed by atoms with Gasteiger partial charge >= 0.3 is 0 Å². The zero-order valence-electron chi connectivity index (χ0n) is 11.4. The molecule has 2 atom stereocenters. The number of hydrogen-bond donors (Lipinski definition) is 2. The van der Waals surface area contributed by atoms with E-state index in [2.05, 4.69) is 22.6 Å². The topological polar surface area (TPSA) is 27.3 Å². The van der Waals surface area contributed by atoms with E-state index in [1.807, 2.05) is 0 Å². The smallest absolute Gasteiger partial charge is 0.130 e. The maximum atomic E-state index is 13.8. The van der Waals surface area contributed by atoms with Gasteiger partial charge in [0.1, 0.15) is 11.6 Å². The van der Waals surface area contributed by atoms with Crippen molar-refractivity contribution in [2.24, 2.45) is 0 Å². The van der Waals surface area contributed by atoms with Crippen molar-refractivity contribution < 1.29 is 8.78 Å². The van der Waals surface area contributed by atoms with E-state index in [0.717, 1.165) is 32.1 Å². The minimum atomic E-state index is -0.536. The molecule has 0 spiro atoms. The standard InChI is InChI=1S/C14H21F2N3/c1-17-14(8-11-9-19(2)6-5-18-11)12-4-3-10(15)7-13(12)16/h3-4,7,11,14,17-18H,5-6,8-9H2,1-2H3. The van der Waals surface area contributed by atoms with Crippen molar-refractivity contribution in [1.82, 2.24) is 15.5 Å². The third kappa shape index (κ3) is 3.72. The van der Waals surface area contributed by atoms with Gasteiger partial charge in [0.15, 0.2) is 0 Å². The Hall–Kier alpha value is -1.04. The van der Waals surface area contributed by atoms with Crippen LogP contribution in [0, 0.1) is 11.6 Å². The van der Waals surface area contributed by atoms with Crippen molar-refractivity contribution in [2.45, 2.75) is 18.5 Å². The highest BCUT2D eigenvalue weighted by Crippen LogP contribution is 2.22. The molecule has 1 aliphatic rings. The van der Waals surface area contributed by atoms with Gasteiger partial charge in [-0.1, -0.05) is 6.07 Å². The van der Waals surface area contributed by atoms with E-state index in [-0.39, 0.29) is 6.04 Å². The number of hydrogen-bond acceptors (Lipinski definition) is 3. The fourth-order valence-corrected chi connectivity index (χ4v) is 2.62. The Morgan fingerprint density at radius 3 is 2.89 bits per heavy atom. The van der Waals surface area contributed by atoms with Gasteiger partial charge in [0.2, 0.25) is 0 Å². The lowest BCUT2D eigenvalue weighted by Gasteiger charge is -2.33. The molecular weight excluding hydrogens is 248 g/mol. The minimum absolute atomic E-state index is 0.107. The summed E-state index contributed by atoms with van der Waals surface area (Å²) in [5.41, 5.74) is 0.527. The van der Waals surface area contributed by atoms with Gasteiger partial charge in [0, 0.05) is 43.3 Å². The number of rotatable bonds is 4. The van der Waals surface area contributed by atoms with E-state index in [1.165, 1.54) is 12.1 Å². The van der Waals surface area contributed by atoms with Gasteiger partial charge in [-0.3, -0.25) is 0 Å². The van der Waals surface area contributed by atoms with Crippen LogP contribution >= 0.6 is 0 Å². The molecular formula is C14H21F2N3. The molecule has 1 aliphatic heterocycles. The Kier molecular flexibility index (Phi) is 4.85. The summed E-state index contributed by atoms with van der Waals surface area (Å²) < 4.78 is 26.8. The Labute approximate surface area is 113 Å². The number of benzene rings is 1. The Balaban J connectivity index is 2.07. The fraction of sp³-hybridized carbons (Fsp3) is 0.571. The molecule has 1 saturated heterocycles. The second-order valence-electron chi connectivity index (χ2n) is 5.16. The van der Waals surface area contributed by atoms with Gasteiger partial charge < -0.3 is 15.5 Å². The first-order valence-electron chi connectivity index (χ1n) is 6.64. The first-order valence-corrected chi connectivity index (χ1v) is 6.64. The maximum Gasteiger partial charge on any atom is 0.130 e. The summed E-state index contributed by atoms with van der Waals surface area (Å²) in [4.78, 5) is 2.26. The van der Waals surface area contributed by atoms with E-state index in [4.69, 9.17) is 0 Å². The van der Waals surface area contributed by atoms with Crippen LogP contribution in [0.5, 0.6) is 0 Å². The predicted molar refractivity (Wildman–Crippen MR) is 72.1 cm³/mol. The summed E-state index contributed by atoms with van der Waals surface area (Å²) in [6.07, 6.45) is 0.781. The zero-order chi connectivity index (χ0) is 13.8. The summed E-state index contributed by atoms with van der Waals surface area (Å²) >= 11 is 0. The number of nitrogens with one attached hydrogen (secondary N) is 2. The highest BCUT2D eigenvalue weighted by atomic mass is 19.1. The summed E-state index contributed by atoms with van der Waals surface area (Å²) in [5.74, 6) is -1.02. The lowest BCUT2D eigenvalue weighted by molar-refractivity contribution is 0.221. The summed E-state index contributed by atoms with van der Waals surface area (Å²) in [6, 6.07) is 3.99. The molecule has 0 aliphatic carbocycles. The largest absolute Gasteiger partial charge is 0.313 e. The quantitative estimate of drug-likeness (QED) is 0.868. The van der Waals surface area contributed by atoms with E-state index < -0.39 is 11.6 Å². The van der Waals surface area contributed by atoms with Gasteiger partial charge in [-0.25, -0.2) is 8.78 Å². The van der Waals surface area contributed by atoms with Crippen molar-refractivity contribution in [3.63, 3.8) is 0 Å². The van der Waals surface area contributed by atoms with Crippen LogP contribution < -0.4 is 10.6 Å². The van der Waals surface area contributed by atoms with Crippen LogP contribution in [-0.4, -0.2) is 44.7 Å². The molecule has 3 nitrogen and oxygen atoms in total. The van der Waals surface area contributed by atoms with E-state index in [0.29, 0.717) is 11.6 Å². The minimum Gasteiger partial charge on any atom is -0.313 e. The van der Waals surface area contributed by atoms with Crippen molar-refractivity contribution in [3.05, 3.63) is 35.4 Å². The molecule has 0 bridgehead atoms. The second-order valence-corrected chi connectivity index (χ2v) is 5.16. The van der Waals surface area contributed by atoms with Crippen molar-refractivity contribution in [3.8, 4) is 0 Å². The lowest BCUT2D eigenvalue weighted by atomic mass is 9.97. The normalized spacial score (nSPS) is 22.4. The molecule has 0 aromatic heterocycles. The molecule has 1 aromatic carbocycles. The molecule has 1 heterocycles. The maximum absolute atomic E-state index is 13.8. The number of likely N-dealkylation sites (N-methyl/N-ethyl adjacent to an activating group) is 1. The van der Waals surface area contributed by atoms with Crippen LogP contribution in [-0.2, 0) is 0 Å². The van der Waals surface area contributed by atoms with Crippen molar-refractivity contribution in [2.75, 3.05) is 33.7 Å². The molecule has 19 heavy (non-hydrogen) atoms. The predicted octanol–water partition coefficient (Wildman–Crippen LogP) is 1.52. The van der Waals surface area contributed by atoms with Gasteiger partial charge in [-0.05, 0) is 26.6 Å². The number of nitrogens with zero attached hydrogens (tertiary/aromatic N) is 1.